The molecule has 2 aromatic rings. The highest BCUT2D eigenvalue weighted by atomic mass is 16.5. The molecule has 0 aliphatic carbocycles. The van der Waals surface area contributed by atoms with Gasteiger partial charge in [0.2, 0.25) is 0 Å². The monoisotopic (exact) mass is 231 g/mol. The Morgan fingerprint density at radius 3 is 2.47 bits per heavy atom. The molecule has 0 fully saturated rings. The van der Waals surface area contributed by atoms with Gasteiger partial charge in [-0.3, -0.25) is 0 Å². The van der Waals surface area contributed by atoms with Gasteiger partial charge in [0, 0.05) is 18.2 Å². The molecule has 17 heavy (non-hydrogen) atoms. The molecular formula is C13H17N3O. The molecule has 2 rings (SSSR count). The molecule has 1 aromatic heterocycles. The van der Waals surface area contributed by atoms with Crippen LogP contribution in [0.3, 0.4) is 0 Å². The van der Waals surface area contributed by atoms with Crippen LogP contribution in [0.2, 0.25) is 0 Å². The average Bonchev–Trinajstić information content (AvgIpc) is 2.77. The summed E-state index contributed by atoms with van der Waals surface area (Å²) < 4.78 is 5.32. The van der Waals surface area contributed by atoms with Crippen molar-refractivity contribution in [1.82, 2.24) is 10.1 Å². The van der Waals surface area contributed by atoms with E-state index in [0.717, 1.165) is 17.1 Å². The van der Waals surface area contributed by atoms with Crippen molar-refractivity contribution in [3.05, 3.63) is 30.1 Å². The van der Waals surface area contributed by atoms with Gasteiger partial charge in [-0.15, -0.1) is 0 Å². The fourth-order valence-electron chi connectivity index (χ4n) is 1.53. The van der Waals surface area contributed by atoms with Crippen LogP contribution in [0.5, 0.6) is 0 Å². The van der Waals surface area contributed by atoms with Crippen LogP contribution in [0.25, 0.3) is 11.5 Å². The van der Waals surface area contributed by atoms with Gasteiger partial charge in [-0.05, 0) is 12.1 Å². The van der Waals surface area contributed by atoms with Crippen LogP contribution >= 0.6 is 0 Å². The second kappa shape index (κ2) is 4.20. The second-order valence-corrected chi connectivity index (χ2v) is 4.97. The molecule has 4 nitrogen and oxygen atoms in total. The van der Waals surface area contributed by atoms with Crippen LogP contribution in [0.1, 0.15) is 26.6 Å². The Balaban J connectivity index is 2.44. The molecule has 0 atom stereocenters. The van der Waals surface area contributed by atoms with E-state index in [-0.39, 0.29) is 5.41 Å². The predicted molar refractivity (Wildman–Crippen MR) is 68.0 cm³/mol. The number of hydrogen-bond donors (Lipinski definition) is 1. The van der Waals surface area contributed by atoms with Crippen LogP contribution in [-0.4, -0.2) is 17.2 Å². The van der Waals surface area contributed by atoms with Crippen LogP contribution in [0.4, 0.5) is 5.69 Å². The maximum absolute atomic E-state index is 5.32. The average molecular weight is 231 g/mol. The van der Waals surface area contributed by atoms with E-state index in [9.17, 15) is 0 Å². The van der Waals surface area contributed by atoms with E-state index in [4.69, 9.17) is 4.52 Å². The van der Waals surface area contributed by atoms with Crippen molar-refractivity contribution in [2.24, 2.45) is 0 Å². The Kier molecular flexibility index (Phi) is 2.88. The van der Waals surface area contributed by atoms with Crippen molar-refractivity contribution in [3.63, 3.8) is 0 Å². The third kappa shape index (κ3) is 2.30. The van der Waals surface area contributed by atoms with Gasteiger partial charge in [-0.25, -0.2) is 0 Å². The minimum atomic E-state index is -0.101. The number of benzene rings is 1. The van der Waals surface area contributed by atoms with Gasteiger partial charge in [0.25, 0.3) is 5.89 Å². The molecule has 4 heteroatoms. The van der Waals surface area contributed by atoms with Gasteiger partial charge in [-0.2, -0.15) is 4.98 Å². The van der Waals surface area contributed by atoms with Crippen molar-refractivity contribution in [3.8, 4) is 11.5 Å². The van der Waals surface area contributed by atoms with Crippen LogP contribution in [0, 0.1) is 0 Å². The lowest BCUT2D eigenvalue weighted by Crippen LogP contribution is -2.13. The summed E-state index contributed by atoms with van der Waals surface area (Å²) >= 11 is 0. The lowest BCUT2D eigenvalue weighted by atomic mass is 9.96. The largest absolute Gasteiger partial charge is 0.387 e. The zero-order valence-corrected chi connectivity index (χ0v) is 10.6. The summed E-state index contributed by atoms with van der Waals surface area (Å²) in [5.41, 5.74) is 1.81. The van der Waals surface area contributed by atoms with Crippen LogP contribution in [0.15, 0.2) is 28.8 Å². The molecule has 0 aliphatic heterocycles. The lowest BCUT2D eigenvalue weighted by Gasteiger charge is -2.11. The molecule has 0 saturated carbocycles. The number of rotatable bonds is 2. The molecule has 0 unspecified atom stereocenters. The second-order valence-electron chi connectivity index (χ2n) is 4.97. The Morgan fingerprint density at radius 2 is 1.88 bits per heavy atom. The molecule has 0 radical (unpaired) electrons. The zero-order chi connectivity index (χ0) is 12.5. The van der Waals surface area contributed by atoms with E-state index >= 15 is 0 Å². The van der Waals surface area contributed by atoms with Gasteiger partial charge >= 0.3 is 0 Å². The molecule has 0 amide bonds. The third-order valence-electron chi connectivity index (χ3n) is 2.52. The fraction of sp³-hybridized carbons (Fsp3) is 0.385. The molecule has 1 N–H and O–H groups in total. The first-order valence-corrected chi connectivity index (χ1v) is 5.63. The molecule has 0 spiro atoms. The summed E-state index contributed by atoms with van der Waals surface area (Å²) in [7, 11) is 1.87. The topological polar surface area (TPSA) is 51.0 Å². The molecular weight excluding hydrogens is 214 g/mol. The van der Waals surface area contributed by atoms with E-state index in [1.807, 2.05) is 31.3 Å². The lowest BCUT2D eigenvalue weighted by molar-refractivity contribution is 0.402. The molecule has 90 valence electrons. The standard InChI is InChI=1S/C13H17N3O/c1-13(2,3)12-15-11(17-16-12)9-7-5-6-8-10(9)14-4/h5-8,14H,1-4H3. The van der Waals surface area contributed by atoms with Crippen LogP contribution in [-0.2, 0) is 5.41 Å². The first-order chi connectivity index (χ1) is 8.02. The van der Waals surface area contributed by atoms with Crippen LogP contribution < -0.4 is 5.32 Å². The van der Waals surface area contributed by atoms with E-state index in [2.05, 4.69) is 36.2 Å². The number of para-hydroxylation sites is 1. The van der Waals surface area contributed by atoms with Crippen molar-refractivity contribution in [2.45, 2.75) is 26.2 Å². The highest BCUT2D eigenvalue weighted by Crippen LogP contribution is 2.28. The van der Waals surface area contributed by atoms with Crippen molar-refractivity contribution in [2.75, 3.05) is 12.4 Å². The minimum Gasteiger partial charge on any atom is -0.387 e. The summed E-state index contributed by atoms with van der Waals surface area (Å²) in [5.74, 6) is 1.28. The van der Waals surface area contributed by atoms with E-state index in [1.54, 1.807) is 0 Å². The Labute approximate surface area is 101 Å². The highest BCUT2D eigenvalue weighted by molar-refractivity contribution is 5.72. The van der Waals surface area contributed by atoms with Gasteiger partial charge in [0.15, 0.2) is 5.82 Å². The smallest absolute Gasteiger partial charge is 0.260 e. The maximum atomic E-state index is 5.32. The zero-order valence-electron chi connectivity index (χ0n) is 10.6. The SMILES string of the molecule is CNc1ccccc1-c1nc(C(C)(C)C)no1. The number of hydrogen-bond acceptors (Lipinski definition) is 4. The Morgan fingerprint density at radius 1 is 1.18 bits per heavy atom. The van der Waals surface area contributed by atoms with Crippen molar-refractivity contribution >= 4 is 5.69 Å². The molecule has 1 heterocycles. The van der Waals surface area contributed by atoms with Gasteiger partial charge < -0.3 is 9.84 Å². The van der Waals surface area contributed by atoms with E-state index < -0.39 is 0 Å². The Hall–Kier alpha value is -1.84. The summed E-state index contributed by atoms with van der Waals surface area (Å²) in [6.07, 6.45) is 0. The summed E-state index contributed by atoms with van der Waals surface area (Å²) in [5, 5.41) is 7.14. The van der Waals surface area contributed by atoms with E-state index in [1.165, 1.54) is 0 Å². The normalized spacial score (nSPS) is 11.5. The quantitative estimate of drug-likeness (QED) is 0.863. The molecule has 0 aliphatic rings. The van der Waals surface area contributed by atoms with Crippen molar-refractivity contribution < 1.29 is 4.52 Å². The summed E-state index contributed by atoms with van der Waals surface area (Å²) in [4.78, 5) is 4.44. The Bertz CT molecular complexity index is 511. The number of anilines is 1. The number of nitrogens with zero attached hydrogens (tertiary/aromatic N) is 2. The van der Waals surface area contributed by atoms with E-state index in [0.29, 0.717) is 5.89 Å². The molecule has 0 bridgehead atoms. The maximum Gasteiger partial charge on any atom is 0.260 e. The van der Waals surface area contributed by atoms with Gasteiger partial charge in [0.05, 0.1) is 5.56 Å². The summed E-state index contributed by atoms with van der Waals surface area (Å²) in [6.45, 7) is 6.18. The summed E-state index contributed by atoms with van der Waals surface area (Å²) in [6, 6.07) is 7.87. The van der Waals surface area contributed by atoms with Gasteiger partial charge in [0.1, 0.15) is 0 Å². The molecule has 0 saturated heterocycles. The predicted octanol–water partition coefficient (Wildman–Crippen LogP) is 3.08. The number of nitrogens with one attached hydrogen (secondary N) is 1. The van der Waals surface area contributed by atoms with Gasteiger partial charge in [-0.1, -0.05) is 38.1 Å². The molecule has 1 aromatic carbocycles. The van der Waals surface area contributed by atoms with Crippen molar-refractivity contribution in [1.29, 1.82) is 0 Å². The first kappa shape index (κ1) is 11.6. The first-order valence-electron chi connectivity index (χ1n) is 5.63. The fourth-order valence-corrected chi connectivity index (χ4v) is 1.53. The number of aromatic nitrogens is 2. The third-order valence-corrected chi connectivity index (χ3v) is 2.52. The highest BCUT2D eigenvalue weighted by Gasteiger charge is 2.22. The minimum absolute atomic E-state index is 0.101.